The van der Waals surface area contributed by atoms with E-state index in [4.69, 9.17) is 0 Å². The Balaban J connectivity index is 4.38. The quantitative estimate of drug-likeness (QED) is 0.546. The zero-order valence-electron chi connectivity index (χ0n) is 9.23. The van der Waals surface area contributed by atoms with Crippen LogP contribution in [0.5, 0.6) is 0 Å². The van der Waals surface area contributed by atoms with Crippen LogP contribution in [0.15, 0.2) is 23.6 Å². The van der Waals surface area contributed by atoms with Crippen LogP contribution in [0.3, 0.4) is 0 Å². The summed E-state index contributed by atoms with van der Waals surface area (Å²) in [5.74, 6) is 0.542. The van der Waals surface area contributed by atoms with Crippen molar-refractivity contribution in [3.63, 3.8) is 0 Å². The molecular formula is C12H21F. The smallest absolute Gasteiger partial charge is 0.0996 e. The summed E-state index contributed by atoms with van der Waals surface area (Å²) in [4.78, 5) is 0. The van der Waals surface area contributed by atoms with Gasteiger partial charge in [0.25, 0.3) is 0 Å². The van der Waals surface area contributed by atoms with Crippen molar-refractivity contribution in [2.45, 2.75) is 47.0 Å². The maximum Gasteiger partial charge on any atom is 0.0996 e. The van der Waals surface area contributed by atoms with E-state index in [1.165, 1.54) is 5.57 Å². The van der Waals surface area contributed by atoms with Gasteiger partial charge in [-0.2, -0.15) is 0 Å². The first kappa shape index (κ1) is 12.4. The average Bonchev–Trinajstić information content (AvgIpc) is 2.17. The SMILES string of the molecule is CC/C(F)=C\C=C(/CC)C(C)CC. The Morgan fingerprint density at radius 3 is 2.15 bits per heavy atom. The van der Waals surface area contributed by atoms with Gasteiger partial charge in [0.15, 0.2) is 0 Å². The van der Waals surface area contributed by atoms with E-state index in [9.17, 15) is 4.39 Å². The zero-order chi connectivity index (χ0) is 10.3. The molecule has 1 unspecified atom stereocenters. The van der Waals surface area contributed by atoms with Gasteiger partial charge in [0, 0.05) is 0 Å². The van der Waals surface area contributed by atoms with Crippen LogP contribution in [0.1, 0.15) is 47.0 Å². The third-order valence-electron chi connectivity index (χ3n) is 2.47. The van der Waals surface area contributed by atoms with Gasteiger partial charge in [-0.1, -0.05) is 39.3 Å². The summed E-state index contributed by atoms with van der Waals surface area (Å²) in [6.45, 7) is 8.30. The molecule has 0 rings (SSSR count). The summed E-state index contributed by atoms with van der Waals surface area (Å²) in [6.07, 6.45) is 6.18. The van der Waals surface area contributed by atoms with Crippen molar-refractivity contribution < 1.29 is 4.39 Å². The predicted octanol–water partition coefficient (Wildman–Crippen LogP) is 4.63. The van der Waals surface area contributed by atoms with Gasteiger partial charge in [-0.3, -0.25) is 0 Å². The maximum absolute atomic E-state index is 12.8. The van der Waals surface area contributed by atoms with Crippen LogP contribution in [0.2, 0.25) is 0 Å². The van der Waals surface area contributed by atoms with Gasteiger partial charge in [-0.15, -0.1) is 0 Å². The minimum absolute atomic E-state index is 0.0331. The van der Waals surface area contributed by atoms with E-state index in [2.05, 4.69) is 20.8 Å². The van der Waals surface area contributed by atoms with E-state index in [0.717, 1.165) is 12.8 Å². The molecule has 0 fully saturated rings. The van der Waals surface area contributed by atoms with E-state index in [0.29, 0.717) is 12.3 Å². The number of halogens is 1. The highest BCUT2D eigenvalue weighted by molar-refractivity contribution is 5.16. The molecule has 0 aliphatic heterocycles. The first-order valence-electron chi connectivity index (χ1n) is 5.20. The van der Waals surface area contributed by atoms with Gasteiger partial charge in [-0.05, 0) is 31.3 Å². The molecule has 0 spiro atoms. The van der Waals surface area contributed by atoms with E-state index in [1.807, 2.05) is 13.0 Å². The van der Waals surface area contributed by atoms with Crippen LogP contribution in [-0.4, -0.2) is 0 Å². The first-order chi connectivity index (χ1) is 6.15. The molecular weight excluding hydrogens is 163 g/mol. The highest BCUT2D eigenvalue weighted by atomic mass is 19.1. The second kappa shape index (κ2) is 6.88. The summed E-state index contributed by atoms with van der Waals surface area (Å²) >= 11 is 0. The Morgan fingerprint density at radius 1 is 1.15 bits per heavy atom. The lowest BCUT2D eigenvalue weighted by molar-refractivity contribution is 0.602. The summed E-state index contributed by atoms with van der Waals surface area (Å²) in [5.41, 5.74) is 1.34. The Kier molecular flexibility index (Phi) is 6.56. The third kappa shape index (κ3) is 4.87. The van der Waals surface area contributed by atoms with Gasteiger partial charge >= 0.3 is 0 Å². The average molecular weight is 184 g/mol. The van der Waals surface area contributed by atoms with Crippen molar-refractivity contribution in [2.24, 2.45) is 5.92 Å². The van der Waals surface area contributed by atoms with Crippen molar-refractivity contribution in [2.75, 3.05) is 0 Å². The molecule has 0 aromatic heterocycles. The second-order valence-electron chi connectivity index (χ2n) is 3.37. The Morgan fingerprint density at radius 2 is 1.77 bits per heavy atom. The van der Waals surface area contributed by atoms with Crippen molar-refractivity contribution >= 4 is 0 Å². The van der Waals surface area contributed by atoms with Gasteiger partial charge in [0.2, 0.25) is 0 Å². The van der Waals surface area contributed by atoms with Crippen LogP contribution < -0.4 is 0 Å². The van der Waals surface area contributed by atoms with Crippen molar-refractivity contribution in [3.05, 3.63) is 23.6 Å². The molecule has 0 aliphatic rings. The lowest BCUT2D eigenvalue weighted by Crippen LogP contribution is -1.95. The summed E-state index contributed by atoms with van der Waals surface area (Å²) in [7, 11) is 0. The van der Waals surface area contributed by atoms with Crippen molar-refractivity contribution in [3.8, 4) is 0 Å². The molecule has 0 aromatic carbocycles. The normalized spacial score (nSPS) is 16.1. The molecule has 0 radical (unpaired) electrons. The molecule has 0 aromatic rings. The maximum atomic E-state index is 12.8. The lowest BCUT2D eigenvalue weighted by Gasteiger charge is -2.10. The fourth-order valence-corrected chi connectivity index (χ4v) is 1.21. The van der Waals surface area contributed by atoms with Crippen LogP contribution in [0.4, 0.5) is 4.39 Å². The van der Waals surface area contributed by atoms with Crippen LogP contribution in [0.25, 0.3) is 0 Å². The molecule has 0 aliphatic carbocycles. The van der Waals surface area contributed by atoms with E-state index < -0.39 is 0 Å². The number of allylic oxidation sites excluding steroid dienone is 4. The van der Waals surface area contributed by atoms with Crippen molar-refractivity contribution in [1.82, 2.24) is 0 Å². The lowest BCUT2D eigenvalue weighted by atomic mass is 9.96. The van der Waals surface area contributed by atoms with Crippen molar-refractivity contribution in [1.29, 1.82) is 0 Å². The van der Waals surface area contributed by atoms with Crippen LogP contribution in [-0.2, 0) is 0 Å². The predicted molar refractivity (Wildman–Crippen MR) is 57.3 cm³/mol. The monoisotopic (exact) mass is 184 g/mol. The molecule has 0 bridgehead atoms. The minimum Gasteiger partial charge on any atom is -0.212 e. The summed E-state index contributed by atoms with van der Waals surface area (Å²) in [5, 5.41) is 0. The second-order valence-corrected chi connectivity index (χ2v) is 3.37. The van der Waals surface area contributed by atoms with Crippen LogP contribution >= 0.6 is 0 Å². The molecule has 0 N–H and O–H groups in total. The Bertz CT molecular complexity index is 189. The molecule has 0 nitrogen and oxygen atoms in total. The standard InChI is InChI=1S/C12H21F/c1-5-10(4)11(6-2)8-9-12(13)7-3/h8-10H,5-7H2,1-4H3/b11-8+,12-9+. The van der Waals surface area contributed by atoms with Gasteiger partial charge < -0.3 is 0 Å². The van der Waals surface area contributed by atoms with Gasteiger partial charge in [-0.25, -0.2) is 4.39 Å². The highest BCUT2D eigenvalue weighted by Crippen LogP contribution is 2.18. The Hall–Kier alpha value is -0.590. The van der Waals surface area contributed by atoms with E-state index in [-0.39, 0.29) is 5.83 Å². The number of hydrogen-bond acceptors (Lipinski definition) is 0. The van der Waals surface area contributed by atoms with Crippen LogP contribution in [0, 0.1) is 5.92 Å². The van der Waals surface area contributed by atoms with Gasteiger partial charge in [0.1, 0.15) is 0 Å². The topological polar surface area (TPSA) is 0 Å². The largest absolute Gasteiger partial charge is 0.212 e. The third-order valence-corrected chi connectivity index (χ3v) is 2.47. The molecule has 0 heterocycles. The fourth-order valence-electron chi connectivity index (χ4n) is 1.21. The molecule has 13 heavy (non-hydrogen) atoms. The number of rotatable bonds is 5. The first-order valence-corrected chi connectivity index (χ1v) is 5.20. The van der Waals surface area contributed by atoms with E-state index in [1.54, 1.807) is 6.08 Å². The minimum atomic E-state index is -0.0331. The van der Waals surface area contributed by atoms with Gasteiger partial charge in [0.05, 0.1) is 5.83 Å². The summed E-state index contributed by atoms with van der Waals surface area (Å²) in [6, 6.07) is 0. The molecule has 0 saturated heterocycles. The molecule has 1 atom stereocenters. The molecule has 0 saturated carbocycles. The molecule has 1 heteroatoms. The summed E-state index contributed by atoms with van der Waals surface area (Å²) < 4.78 is 12.8. The highest BCUT2D eigenvalue weighted by Gasteiger charge is 2.02. The molecule has 76 valence electrons. The fraction of sp³-hybridized carbons (Fsp3) is 0.667. The number of hydrogen-bond donors (Lipinski definition) is 0. The Labute approximate surface area is 81.5 Å². The van der Waals surface area contributed by atoms with E-state index >= 15 is 0 Å². The zero-order valence-corrected chi connectivity index (χ0v) is 9.23. The molecule has 0 amide bonds.